The van der Waals surface area contributed by atoms with Crippen molar-refractivity contribution in [2.24, 2.45) is 0 Å². The predicted molar refractivity (Wildman–Crippen MR) is 36.1 cm³/mol. The topological polar surface area (TPSA) is 70.7 Å². The molecule has 5 heteroatoms. The molecule has 1 aromatic heterocycles. The van der Waals surface area contributed by atoms with Crippen molar-refractivity contribution in [1.29, 1.82) is 0 Å². The Balaban J connectivity index is 3.29. The van der Waals surface area contributed by atoms with E-state index in [0.29, 0.717) is 0 Å². The van der Waals surface area contributed by atoms with Crippen molar-refractivity contribution in [3.05, 3.63) is 21.0 Å². The van der Waals surface area contributed by atoms with Crippen LogP contribution in [0.15, 0.2) is 9.59 Å². The van der Waals surface area contributed by atoms with Gasteiger partial charge in [-0.3, -0.25) is 4.98 Å². The Morgan fingerprint density at radius 3 is 2.20 bits per heavy atom. The first-order chi connectivity index (χ1) is 4.61. The van der Waals surface area contributed by atoms with Gasteiger partial charge in [0.1, 0.15) is 0 Å². The summed E-state index contributed by atoms with van der Waals surface area (Å²) in [4.78, 5) is 23.3. The Morgan fingerprint density at radius 1 is 1.40 bits per heavy atom. The van der Waals surface area contributed by atoms with Crippen LogP contribution in [-0.2, 0) is 0 Å². The molecule has 0 aliphatic heterocycles. The number of rotatable bonds is 1. The van der Waals surface area contributed by atoms with Crippen molar-refractivity contribution in [2.45, 2.75) is 19.9 Å². The Kier molecular flexibility index (Phi) is 1.48. The molecule has 0 aliphatic rings. The summed E-state index contributed by atoms with van der Waals surface area (Å²) < 4.78 is 1.24. The molecule has 1 heterocycles. The first kappa shape index (κ1) is 6.85. The summed E-state index contributed by atoms with van der Waals surface area (Å²) in [7, 11) is 0. The minimum absolute atomic E-state index is 0.00792. The SMILES string of the molecule is CC(C)n1[nH]c(=O)[nH]c1=O. The highest BCUT2D eigenvalue weighted by Gasteiger charge is 2.01. The molecule has 5 nitrogen and oxygen atoms in total. The standard InChI is InChI=1S/C5H9N3O2/c1-3(2)8-5(10)6-4(9)7-8/h3H,1-2H3,(H2,6,7,9,10). The van der Waals surface area contributed by atoms with E-state index in [1.54, 1.807) is 0 Å². The van der Waals surface area contributed by atoms with Gasteiger partial charge in [0.15, 0.2) is 0 Å². The van der Waals surface area contributed by atoms with Crippen LogP contribution in [0.4, 0.5) is 0 Å². The highest BCUT2D eigenvalue weighted by atomic mass is 16.2. The normalized spacial score (nSPS) is 10.7. The van der Waals surface area contributed by atoms with Crippen molar-refractivity contribution in [2.75, 3.05) is 0 Å². The summed E-state index contributed by atoms with van der Waals surface area (Å²) in [5.41, 5.74) is -0.848. The third-order valence-corrected chi connectivity index (χ3v) is 1.18. The molecule has 56 valence electrons. The van der Waals surface area contributed by atoms with E-state index in [4.69, 9.17) is 0 Å². The summed E-state index contributed by atoms with van der Waals surface area (Å²) in [5, 5.41) is 2.34. The molecule has 10 heavy (non-hydrogen) atoms. The summed E-state index contributed by atoms with van der Waals surface area (Å²) in [5.74, 6) is 0. The molecular weight excluding hydrogens is 134 g/mol. The maximum absolute atomic E-state index is 10.8. The van der Waals surface area contributed by atoms with E-state index < -0.39 is 5.69 Å². The van der Waals surface area contributed by atoms with Crippen LogP contribution in [0.5, 0.6) is 0 Å². The highest BCUT2D eigenvalue weighted by Crippen LogP contribution is 1.91. The maximum atomic E-state index is 10.8. The van der Waals surface area contributed by atoms with Gasteiger partial charge in [-0.05, 0) is 13.8 Å². The van der Waals surface area contributed by atoms with Gasteiger partial charge in [0.25, 0.3) is 0 Å². The van der Waals surface area contributed by atoms with Crippen molar-refractivity contribution < 1.29 is 0 Å². The number of hydrogen-bond donors (Lipinski definition) is 2. The molecule has 0 saturated carbocycles. The van der Waals surface area contributed by atoms with Crippen molar-refractivity contribution in [3.63, 3.8) is 0 Å². The molecule has 0 saturated heterocycles. The van der Waals surface area contributed by atoms with Crippen LogP contribution in [0.2, 0.25) is 0 Å². The summed E-state index contributed by atoms with van der Waals surface area (Å²) in [6.07, 6.45) is 0. The van der Waals surface area contributed by atoms with Crippen LogP contribution in [0.25, 0.3) is 0 Å². The van der Waals surface area contributed by atoms with E-state index >= 15 is 0 Å². The Hall–Kier alpha value is -1.26. The molecular formula is C5H9N3O2. The Morgan fingerprint density at radius 2 is 2.00 bits per heavy atom. The van der Waals surface area contributed by atoms with Gasteiger partial charge in [-0.25, -0.2) is 19.4 Å². The quantitative estimate of drug-likeness (QED) is 0.553. The van der Waals surface area contributed by atoms with E-state index in [1.807, 2.05) is 13.8 Å². The van der Waals surface area contributed by atoms with Crippen LogP contribution in [0.3, 0.4) is 0 Å². The lowest BCUT2D eigenvalue weighted by atomic mass is 10.4. The molecule has 1 aromatic rings. The van der Waals surface area contributed by atoms with Gasteiger partial charge in [0, 0.05) is 6.04 Å². The zero-order valence-electron chi connectivity index (χ0n) is 5.84. The zero-order valence-corrected chi connectivity index (χ0v) is 5.84. The fraction of sp³-hybridized carbons (Fsp3) is 0.600. The zero-order chi connectivity index (χ0) is 7.72. The van der Waals surface area contributed by atoms with E-state index in [0.717, 1.165) is 0 Å². The number of aromatic amines is 2. The van der Waals surface area contributed by atoms with Crippen LogP contribution in [0.1, 0.15) is 19.9 Å². The summed E-state index contributed by atoms with van der Waals surface area (Å²) in [6, 6.07) is -0.00792. The third kappa shape index (κ3) is 1.02. The van der Waals surface area contributed by atoms with E-state index in [1.165, 1.54) is 4.68 Å². The maximum Gasteiger partial charge on any atom is 0.344 e. The predicted octanol–water partition coefficient (Wildman–Crippen LogP) is -0.554. The minimum Gasteiger partial charge on any atom is -0.257 e. The van der Waals surface area contributed by atoms with Gasteiger partial charge >= 0.3 is 11.4 Å². The van der Waals surface area contributed by atoms with Crippen molar-refractivity contribution >= 4 is 0 Å². The highest BCUT2D eigenvalue weighted by molar-refractivity contribution is 4.64. The van der Waals surface area contributed by atoms with Gasteiger partial charge in [-0.1, -0.05) is 0 Å². The smallest absolute Gasteiger partial charge is 0.257 e. The average molecular weight is 143 g/mol. The Bertz CT molecular complexity index is 316. The monoisotopic (exact) mass is 143 g/mol. The first-order valence-electron chi connectivity index (χ1n) is 3.02. The number of aromatic nitrogens is 3. The van der Waals surface area contributed by atoms with Crippen LogP contribution in [0, 0.1) is 0 Å². The molecule has 0 spiro atoms. The molecule has 0 aliphatic carbocycles. The lowest BCUT2D eigenvalue weighted by Crippen LogP contribution is -2.19. The van der Waals surface area contributed by atoms with Crippen molar-refractivity contribution in [1.82, 2.24) is 14.8 Å². The molecule has 0 amide bonds. The number of nitrogens with zero attached hydrogens (tertiary/aromatic N) is 1. The second-order valence-corrected chi connectivity index (χ2v) is 2.33. The lowest BCUT2D eigenvalue weighted by Gasteiger charge is -2.00. The summed E-state index contributed by atoms with van der Waals surface area (Å²) >= 11 is 0. The number of hydrogen-bond acceptors (Lipinski definition) is 2. The summed E-state index contributed by atoms with van der Waals surface area (Å²) in [6.45, 7) is 3.62. The Labute approximate surface area is 56.7 Å². The molecule has 0 atom stereocenters. The second kappa shape index (κ2) is 2.17. The largest absolute Gasteiger partial charge is 0.344 e. The van der Waals surface area contributed by atoms with Gasteiger partial charge in [-0.2, -0.15) is 0 Å². The molecule has 0 radical (unpaired) electrons. The molecule has 2 N–H and O–H groups in total. The molecule has 0 fully saturated rings. The van der Waals surface area contributed by atoms with Gasteiger partial charge in [0.2, 0.25) is 0 Å². The van der Waals surface area contributed by atoms with Crippen LogP contribution in [-0.4, -0.2) is 14.8 Å². The second-order valence-electron chi connectivity index (χ2n) is 2.33. The molecule has 0 unspecified atom stereocenters. The fourth-order valence-corrected chi connectivity index (χ4v) is 0.709. The minimum atomic E-state index is -0.460. The van der Waals surface area contributed by atoms with Gasteiger partial charge in [-0.15, -0.1) is 0 Å². The van der Waals surface area contributed by atoms with E-state index in [2.05, 4.69) is 10.1 Å². The van der Waals surface area contributed by atoms with E-state index in [9.17, 15) is 9.59 Å². The van der Waals surface area contributed by atoms with Gasteiger partial charge < -0.3 is 0 Å². The van der Waals surface area contributed by atoms with Gasteiger partial charge in [0.05, 0.1) is 0 Å². The van der Waals surface area contributed by atoms with E-state index in [-0.39, 0.29) is 11.7 Å². The number of nitrogens with one attached hydrogen (secondary N) is 2. The van der Waals surface area contributed by atoms with Crippen LogP contribution < -0.4 is 11.4 Å². The molecule has 0 bridgehead atoms. The molecule has 1 rings (SSSR count). The third-order valence-electron chi connectivity index (χ3n) is 1.18. The molecule has 0 aromatic carbocycles. The first-order valence-corrected chi connectivity index (χ1v) is 3.02. The van der Waals surface area contributed by atoms with Crippen LogP contribution >= 0.6 is 0 Å². The van der Waals surface area contributed by atoms with Crippen molar-refractivity contribution in [3.8, 4) is 0 Å². The fourth-order valence-electron chi connectivity index (χ4n) is 0.709. The average Bonchev–Trinajstić information content (AvgIpc) is 2.10. The number of H-pyrrole nitrogens is 2. The lowest BCUT2D eigenvalue weighted by molar-refractivity contribution is 0.511.